The van der Waals surface area contributed by atoms with Crippen molar-refractivity contribution in [3.8, 4) is 12.1 Å². The molecule has 3 atom stereocenters. The second-order valence-corrected chi connectivity index (χ2v) is 11.9. The number of hydrogen-bond acceptors (Lipinski definition) is 8. The molecule has 44 heavy (non-hydrogen) atoms. The van der Waals surface area contributed by atoms with Gasteiger partial charge in [0, 0.05) is 67.5 Å². The molecule has 0 bridgehead atoms. The van der Waals surface area contributed by atoms with Gasteiger partial charge < -0.3 is 19.9 Å². The monoisotopic (exact) mass is 601 g/mol. The van der Waals surface area contributed by atoms with Gasteiger partial charge in [0.25, 0.3) is 5.91 Å². The molecule has 11 heteroatoms. The van der Waals surface area contributed by atoms with Gasteiger partial charge in [0.1, 0.15) is 12.8 Å². The Bertz CT molecular complexity index is 1620. The molecule has 1 aromatic heterocycles. The molecule has 3 aliphatic rings. The number of carbonyl (C=O) groups excluding carboxylic acids is 1. The predicted octanol–water partition coefficient (Wildman–Crippen LogP) is 3.95. The highest BCUT2D eigenvalue weighted by molar-refractivity contribution is 5.97. The average molecular weight is 602 g/mol. The maximum absolute atomic E-state index is 15.6. The Labute approximate surface area is 256 Å². The zero-order valence-corrected chi connectivity index (χ0v) is 25.1. The standard InChI is InChI=1S/C33H37F2N7O2/c1-21-5-3-6-22-7-4-8-30(31(21)22)41-13-10-26-28(16-27(35)32(43)42-14-12-37-24(18-42)9-11-36)38-33(39-29(26)19-41)44-20-25-15-23(34)17-40(25)2/h3-8,16,23-25,37H,9-10,12-15,17-20H2,1-2H3/t23-,24+,25-/m1/s1. The highest BCUT2D eigenvalue weighted by Gasteiger charge is 2.31. The minimum Gasteiger partial charge on any atom is -0.462 e. The molecule has 4 heterocycles. The van der Waals surface area contributed by atoms with Gasteiger partial charge >= 0.3 is 6.01 Å². The van der Waals surface area contributed by atoms with Crippen LogP contribution in [0.3, 0.4) is 0 Å². The Balaban J connectivity index is 1.31. The number of carbonyl (C=O) groups is 1. The minimum absolute atomic E-state index is 0.0816. The van der Waals surface area contributed by atoms with Crippen molar-refractivity contribution in [1.82, 2.24) is 25.1 Å². The van der Waals surface area contributed by atoms with Crippen molar-refractivity contribution in [3.05, 3.63) is 64.7 Å². The fraction of sp³-hybridized carbons (Fsp3) is 0.455. The molecular formula is C33H37F2N7O2. The SMILES string of the molecule is Cc1cccc2cccc(N3CCc4c(C=C(F)C(=O)N5CCN[C@@H](CC#N)C5)nc(OC[C@H]5C[C@@H](F)CN5C)nc4C3)c12. The van der Waals surface area contributed by atoms with Crippen LogP contribution in [0.25, 0.3) is 16.8 Å². The highest BCUT2D eigenvalue weighted by Crippen LogP contribution is 2.34. The Hall–Kier alpha value is -4.14. The first-order valence-corrected chi connectivity index (χ1v) is 15.2. The van der Waals surface area contributed by atoms with Crippen LogP contribution >= 0.6 is 0 Å². The van der Waals surface area contributed by atoms with Crippen LogP contribution in [0.2, 0.25) is 0 Å². The number of ether oxygens (including phenoxy) is 1. The van der Waals surface area contributed by atoms with Gasteiger partial charge in [0.05, 0.1) is 30.4 Å². The third-order valence-corrected chi connectivity index (χ3v) is 8.90. The molecule has 230 valence electrons. The third-order valence-electron chi connectivity index (χ3n) is 8.90. The van der Waals surface area contributed by atoms with Crippen LogP contribution in [0.4, 0.5) is 14.5 Å². The lowest BCUT2D eigenvalue weighted by Gasteiger charge is -2.32. The van der Waals surface area contributed by atoms with Gasteiger partial charge in [0.2, 0.25) is 0 Å². The number of nitrogens with one attached hydrogen (secondary N) is 1. The number of hydrogen-bond donors (Lipinski definition) is 1. The number of likely N-dealkylation sites (N-methyl/N-ethyl adjacent to an activating group) is 1. The molecule has 2 aromatic carbocycles. The van der Waals surface area contributed by atoms with Gasteiger partial charge in [-0.05, 0) is 43.8 Å². The fourth-order valence-electron chi connectivity index (χ4n) is 6.56. The van der Waals surface area contributed by atoms with Gasteiger partial charge in [-0.3, -0.25) is 9.69 Å². The number of nitrogens with zero attached hydrogens (tertiary/aromatic N) is 6. The number of nitriles is 1. The number of benzene rings is 2. The van der Waals surface area contributed by atoms with E-state index in [1.807, 2.05) is 18.0 Å². The van der Waals surface area contributed by atoms with E-state index in [0.29, 0.717) is 57.0 Å². The Morgan fingerprint density at radius 3 is 2.80 bits per heavy atom. The van der Waals surface area contributed by atoms with E-state index in [9.17, 15) is 9.18 Å². The lowest BCUT2D eigenvalue weighted by molar-refractivity contribution is -0.129. The van der Waals surface area contributed by atoms with E-state index < -0.39 is 17.9 Å². The molecule has 0 unspecified atom stereocenters. The van der Waals surface area contributed by atoms with Crippen LogP contribution in [-0.2, 0) is 17.8 Å². The molecule has 0 spiro atoms. The van der Waals surface area contributed by atoms with E-state index in [4.69, 9.17) is 15.0 Å². The van der Waals surface area contributed by atoms with Crippen LogP contribution in [0.1, 0.15) is 35.4 Å². The van der Waals surface area contributed by atoms with Crippen LogP contribution in [0.5, 0.6) is 6.01 Å². The first-order chi connectivity index (χ1) is 21.3. The summed E-state index contributed by atoms with van der Waals surface area (Å²) in [5.41, 5.74) is 4.07. The lowest BCUT2D eigenvalue weighted by atomic mass is 9.98. The van der Waals surface area contributed by atoms with Gasteiger partial charge in [-0.15, -0.1) is 0 Å². The zero-order valence-electron chi connectivity index (χ0n) is 25.1. The summed E-state index contributed by atoms with van der Waals surface area (Å²) in [5.74, 6) is -1.65. The van der Waals surface area contributed by atoms with E-state index in [0.717, 1.165) is 16.6 Å². The Morgan fingerprint density at radius 2 is 2.02 bits per heavy atom. The summed E-state index contributed by atoms with van der Waals surface area (Å²) in [6.45, 7) is 4.87. The molecule has 3 aromatic rings. The molecule has 9 nitrogen and oxygen atoms in total. The van der Waals surface area contributed by atoms with E-state index in [2.05, 4.69) is 58.5 Å². The van der Waals surface area contributed by atoms with Crippen LogP contribution < -0.4 is 15.0 Å². The number of anilines is 1. The molecule has 3 aliphatic heterocycles. The molecular weight excluding hydrogens is 564 g/mol. The van der Waals surface area contributed by atoms with Crippen LogP contribution in [-0.4, -0.2) is 90.3 Å². The second kappa shape index (κ2) is 12.8. The number of piperazine rings is 1. The van der Waals surface area contributed by atoms with Crippen molar-refractivity contribution >= 4 is 28.4 Å². The maximum atomic E-state index is 15.6. The van der Waals surface area contributed by atoms with Gasteiger partial charge in [-0.1, -0.05) is 30.3 Å². The topological polar surface area (TPSA) is 97.6 Å². The Morgan fingerprint density at radius 1 is 1.20 bits per heavy atom. The molecule has 1 amide bonds. The molecule has 1 N–H and O–H groups in total. The molecule has 0 aliphatic carbocycles. The van der Waals surface area contributed by atoms with Crippen LogP contribution in [0, 0.1) is 18.3 Å². The summed E-state index contributed by atoms with van der Waals surface area (Å²) in [4.78, 5) is 28.0. The summed E-state index contributed by atoms with van der Waals surface area (Å²) in [6, 6.07) is 14.4. The van der Waals surface area contributed by atoms with Crippen molar-refractivity contribution in [2.24, 2.45) is 0 Å². The smallest absolute Gasteiger partial charge is 0.317 e. The summed E-state index contributed by atoms with van der Waals surface area (Å²) in [5, 5.41) is 14.6. The minimum atomic E-state index is -0.919. The molecule has 0 radical (unpaired) electrons. The zero-order chi connectivity index (χ0) is 30.8. The third kappa shape index (κ3) is 6.23. The number of rotatable bonds is 7. The van der Waals surface area contributed by atoms with Crippen molar-refractivity contribution in [3.63, 3.8) is 0 Å². The summed E-state index contributed by atoms with van der Waals surface area (Å²) in [7, 11) is 1.86. The van der Waals surface area contributed by atoms with Gasteiger partial charge in [0.15, 0.2) is 5.83 Å². The fourth-order valence-corrected chi connectivity index (χ4v) is 6.56. The van der Waals surface area contributed by atoms with E-state index >= 15 is 4.39 Å². The van der Waals surface area contributed by atoms with Crippen LogP contribution in [0.15, 0.2) is 42.2 Å². The first-order valence-electron chi connectivity index (χ1n) is 15.2. The molecule has 2 fully saturated rings. The van der Waals surface area contributed by atoms with E-state index in [-0.39, 0.29) is 37.7 Å². The normalized spacial score (nSPS) is 22.6. The average Bonchev–Trinajstić information content (AvgIpc) is 3.35. The predicted molar refractivity (Wildman–Crippen MR) is 165 cm³/mol. The number of fused-ring (bicyclic) bond motifs is 2. The van der Waals surface area contributed by atoms with Gasteiger partial charge in [-0.25, -0.2) is 8.78 Å². The molecule has 0 saturated carbocycles. The van der Waals surface area contributed by atoms with Crippen molar-refractivity contribution in [2.45, 2.75) is 51.0 Å². The van der Waals surface area contributed by atoms with Gasteiger partial charge in [-0.2, -0.15) is 15.2 Å². The first kappa shape index (κ1) is 29.9. The number of halogens is 2. The quantitative estimate of drug-likeness (QED) is 0.407. The maximum Gasteiger partial charge on any atom is 0.317 e. The number of amides is 1. The van der Waals surface area contributed by atoms with Crippen molar-refractivity contribution in [1.29, 1.82) is 5.26 Å². The number of aryl methyl sites for hydroxylation is 1. The van der Waals surface area contributed by atoms with Crippen molar-refractivity contribution < 1.29 is 18.3 Å². The number of likely N-dealkylation sites (tertiary alicyclic amines) is 1. The summed E-state index contributed by atoms with van der Waals surface area (Å²) >= 11 is 0. The van der Waals surface area contributed by atoms with E-state index in [1.54, 1.807) is 0 Å². The van der Waals surface area contributed by atoms with Crippen molar-refractivity contribution in [2.75, 3.05) is 51.3 Å². The van der Waals surface area contributed by atoms with E-state index in [1.165, 1.54) is 21.9 Å². The second-order valence-electron chi connectivity index (χ2n) is 11.9. The summed E-state index contributed by atoms with van der Waals surface area (Å²) in [6.07, 6.45) is 1.43. The molecule has 2 saturated heterocycles. The number of aromatic nitrogens is 2. The largest absolute Gasteiger partial charge is 0.462 e. The molecule has 6 rings (SSSR count). The Kier molecular flexibility index (Phi) is 8.73. The highest BCUT2D eigenvalue weighted by atomic mass is 19.1. The lowest BCUT2D eigenvalue weighted by Crippen LogP contribution is -2.52. The number of alkyl halides is 1. The summed E-state index contributed by atoms with van der Waals surface area (Å²) < 4.78 is 35.6.